The largest absolute Gasteiger partial charge is 0.455 e. The number of pyridine rings is 2. The molecular formula is C13H9N3O3. The van der Waals surface area contributed by atoms with E-state index in [1.165, 1.54) is 18.6 Å². The van der Waals surface area contributed by atoms with Gasteiger partial charge in [0.15, 0.2) is 12.0 Å². The lowest BCUT2D eigenvalue weighted by Crippen LogP contribution is -2.08. The van der Waals surface area contributed by atoms with Crippen molar-refractivity contribution in [2.75, 3.05) is 6.79 Å². The molecule has 2 rings (SSSR count). The summed E-state index contributed by atoms with van der Waals surface area (Å²) in [5.41, 5.74) is 0.843. The molecule has 0 unspecified atom stereocenters. The van der Waals surface area contributed by atoms with Crippen LogP contribution in [0.25, 0.3) is 0 Å². The normalized spacial score (nSPS) is 9.42. The van der Waals surface area contributed by atoms with Crippen LogP contribution in [-0.2, 0) is 0 Å². The molecule has 19 heavy (non-hydrogen) atoms. The average molecular weight is 255 g/mol. The Morgan fingerprint density at radius 1 is 1.26 bits per heavy atom. The fraction of sp³-hybridized carbons (Fsp3) is 0.0769. The highest BCUT2D eigenvalue weighted by atomic mass is 16.7. The van der Waals surface area contributed by atoms with Gasteiger partial charge in [0.2, 0.25) is 12.7 Å². The van der Waals surface area contributed by atoms with Crippen LogP contribution in [0.1, 0.15) is 15.9 Å². The zero-order valence-electron chi connectivity index (χ0n) is 9.81. The maximum absolute atomic E-state index is 10.7. The Labute approximate surface area is 109 Å². The van der Waals surface area contributed by atoms with Gasteiger partial charge in [-0.3, -0.25) is 9.78 Å². The van der Waals surface area contributed by atoms with Gasteiger partial charge in [-0.2, -0.15) is 5.26 Å². The van der Waals surface area contributed by atoms with E-state index in [1.54, 1.807) is 18.2 Å². The van der Waals surface area contributed by atoms with Gasteiger partial charge in [-0.05, 0) is 12.1 Å². The zero-order valence-corrected chi connectivity index (χ0v) is 9.81. The number of rotatable bonds is 5. The van der Waals surface area contributed by atoms with Crippen molar-refractivity contribution in [3.05, 3.63) is 47.9 Å². The Balaban J connectivity index is 1.92. The predicted octanol–water partition coefficient (Wildman–Crippen LogP) is 1.58. The Morgan fingerprint density at radius 3 is 2.84 bits per heavy atom. The van der Waals surface area contributed by atoms with Gasteiger partial charge in [-0.1, -0.05) is 0 Å². The highest BCUT2D eigenvalue weighted by Crippen LogP contribution is 2.14. The third-order valence-electron chi connectivity index (χ3n) is 2.23. The standard InChI is InChI=1S/C13H9N3O3/c14-5-10-1-2-13(16-6-10)19-9-18-12-7-15-4-3-11(12)8-17/h1-4,6-8H,9H2. The molecule has 94 valence electrons. The van der Waals surface area contributed by atoms with Crippen molar-refractivity contribution < 1.29 is 14.3 Å². The van der Waals surface area contributed by atoms with Crippen LogP contribution < -0.4 is 9.47 Å². The van der Waals surface area contributed by atoms with Crippen LogP contribution in [0, 0.1) is 11.3 Å². The molecule has 0 aliphatic heterocycles. The number of hydrogen-bond acceptors (Lipinski definition) is 6. The molecule has 0 radical (unpaired) electrons. The lowest BCUT2D eigenvalue weighted by atomic mass is 10.3. The van der Waals surface area contributed by atoms with E-state index in [-0.39, 0.29) is 6.79 Å². The van der Waals surface area contributed by atoms with E-state index in [0.29, 0.717) is 29.0 Å². The van der Waals surface area contributed by atoms with Gasteiger partial charge in [-0.15, -0.1) is 0 Å². The minimum absolute atomic E-state index is 0.106. The molecule has 0 N–H and O–H groups in total. The van der Waals surface area contributed by atoms with Crippen molar-refractivity contribution in [2.45, 2.75) is 0 Å². The molecule has 0 saturated carbocycles. The third-order valence-corrected chi connectivity index (χ3v) is 2.23. The maximum atomic E-state index is 10.7. The van der Waals surface area contributed by atoms with Gasteiger partial charge < -0.3 is 9.47 Å². The molecule has 0 saturated heterocycles. The molecule has 0 bridgehead atoms. The van der Waals surface area contributed by atoms with E-state index in [0.717, 1.165) is 0 Å². The van der Waals surface area contributed by atoms with Gasteiger partial charge >= 0.3 is 0 Å². The van der Waals surface area contributed by atoms with Crippen LogP contribution in [0.5, 0.6) is 11.6 Å². The smallest absolute Gasteiger partial charge is 0.232 e. The van der Waals surface area contributed by atoms with Crippen LogP contribution in [0.15, 0.2) is 36.8 Å². The van der Waals surface area contributed by atoms with Gasteiger partial charge in [0.25, 0.3) is 0 Å². The van der Waals surface area contributed by atoms with Crippen LogP contribution in [0.3, 0.4) is 0 Å². The topological polar surface area (TPSA) is 85.1 Å². The summed E-state index contributed by atoms with van der Waals surface area (Å²) in [6.45, 7) is -0.106. The van der Waals surface area contributed by atoms with E-state index in [2.05, 4.69) is 9.97 Å². The lowest BCUT2D eigenvalue weighted by Gasteiger charge is -2.08. The summed E-state index contributed by atoms with van der Waals surface area (Å²) < 4.78 is 10.5. The first-order valence-corrected chi connectivity index (χ1v) is 5.34. The van der Waals surface area contributed by atoms with Gasteiger partial charge in [0.1, 0.15) is 6.07 Å². The fourth-order valence-corrected chi connectivity index (χ4v) is 1.29. The SMILES string of the molecule is N#Cc1ccc(OCOc2cnccc2C=O)nc1. The van der Waals surface area contributed by atoms with Crippen LogP contribution >= 0.6 is 0 Å². The number of hydrogen-bond donors (Lipinski definition) is 0. The Kier molecular flexibility index (Phi) is 4.03. The van der Waals surface area contributed by atoms with Crippen molar-refractivity contribution in [2.24, 2.45) is 0 Å². The van der Waals surface area contributed by atoms with E-state index < -0.39 is 0 Å². The molecule has 0 fully saturated rings. The van der Waals surface area contributed by atoms with Crippen LogP contribution in [0.4, 0.5) is 0 Å². The molecule has 0 aromatic carbocycles. The molecule has 0 spiro atoms. The van der Waals surface area contributed by atoms with E-state index in [4.69, 9.17) is 14.7 Å². The number of nitriles is 1. The molecule has 0 atom stereocenters. The molecule has 0 aliphatic rings. The van der Waals surface area contributed by atoms with Crippen molar-refractivity contribution in [3.63, 3.8) is 0 Å². The second-order valence-corrected chi connectivity index (χ2v) is 3.43. The maximum Gasteiger partial charge on any atom is 0.232 e. The van der Waals surface area contributed by atoms with Crippen molar-refractivity contribution in [3.8, 4) is 17.7 Å². The average Bonchev–Trinajstić information content (AvgIpc) is 2.48. The second kappa shape index (κ2) is 6.12. The molecule has 6 heteroatoms. The minimum Gasteiger partial charge on any atom is -0.455 e. The monoisotopic (exact) mass is 255 g/mol. The van der Waals surface area contributed by atoms with Gasteiger partial charge in [0, 0.05) is 18.5 Å². The third kappa shape index (κ3) is 3.26. The Bertz CT molecular complexity index is 605. The number of carbonyl (C=O) groups is 1. The summed E-state index contributed by atoms with van der Waals surface area (Å²) in [5, 5.41) is 8.62. The molecule has 0 amide bonds. The molecular weight excluding hydrogens is 246 g/mol. The number of nitrogens with zero attached hydrogens (tertiary/aromatic N) is 3. The van der Waals surface area contributed by atoms with E-state index in [1.807, 2.05) is 6.07 Å². The van der Waals surface area contributed by atoms with E-state index in [9.17, 15) is 4.79 Å². The Hall–Kier alpha value is -2.94. The quantitative estimate of drug-likeness (QED) is 0.595. The van der Waals surface area contributed by atoms with Gasteiger partial charge in [0.05, 0.1) is 17.3 Å². The number of aldehydes is 1. The summed E-state index contributed by atoms with van der Waals surface area (Å²) in [6, 6.07) is 6.65. The van der Waals surface area contributed by atoms with Gasteiger partial charge in [-0.25, -0.2) is 4.98 Å². The summed E-state index contributed by atoms with van der Waals surface area (Å²) in [6.07, 6.45) is 5.01. The molecule has 2 heterocycles. The highest BCUT2D eigenvalue weighted by Gasteiger charge is 2.02. The molecule has 2 aromatic heterocycles. The van der Waals surface area contributed by atoms with Crippen LogP contribution in [-0.4, -0.2) is 23.0 Å². The first kappa shape index (κ1) is 12.5. The first-order valence-electron chi connectivity index (χ1n) is 5.34. The number of ether oxygens (including phenoxy) is 2. The summed E-state index contributed by atoms with van der Waals surface area (Å²) in [5.74, 6) is 0.668. The zero-order chi connectivity index (χ0) is 13.5. The van der Waals surface area contributed by atoms with E-state index >= 15 is 0 Å². The van der Waals surface area contributed by atoms with Crippen LogP contribution in [0.2, 0.25) is 0 Å². The summed E-state index contributed by atoms with van der Waals surface area (Å²) in [4.78, 5) is 18.5. The molecule has 0 aliphatic carbocycles. The highest BCUT2D eigenvalue weighted by molar-refractivity contribution is 5.78. The summed E-state index contributed by atoms with van der Waals surface area (Å²) >= 11 is 0. The van der Waals surface area contributed by atoms with Crippen molar-refractivity contribution in [1.29, 1.82) is 5.26 Å². The lowest BCUT2D eigenvalue weighted by molar-refractivity contribution is 0.106. The molecule has 2 aromatic rings. The predicted molar refractivity (Wildman–Crippen MR) is 64.7 cm³/mol. The summed E-state index contributed by atoms with van der Waals surface area (Å²) in [7, 11) is 0. The number of carbonyl (C=O) groups excluding carboxylic acids is 1. The fourth-order valence-electron chi connectivity index (χ4n) is 1.29. The second-order valence-electron chi connectivity index (χ2n) is 3.43. The van der Waals surface area contributed by atoms with Crippen molar-refractivity contribution >= 4 is 6.29 Å². The van der Waals surface area contributed by atoms with Crippen molar-refractivity contribution in [1.82, 2.24) is 9.97 Å². The molecule has 6 nitrogen and oxygen atoms in total. The first-order chi connectivity index (χ1) is 9.33. The Morgan fingerprint density at radius 2 is 2.16 bits per heavy atom. The minimum atomic E-state index is -0.106. The number of aromatic nitrogens is 2.